The number of aliphatic hydroxyl groups excluding tert-OH is 1. The maximum Gasteiger partial charge on any atom is 0.331 e. The number of carbonyl (C=O) groups excluding carboxylic acids is 2. The maximum atomic E-state index is 14.7. The largest absolute Gasteiger partial charge is 0.504 e. The fourth-order valence-corrected chi connectivity index (χ4v) is 11.7. The Labute approximate surface area is 316 Å². The molecule has 4 N–H and O–H groups in total. The summed E-state index contributed by atoms with van der Waals surface area (Å²) in [6, 6.07) is 3.13. The average molecular weight is 762 g/mol. The molecule has 7 atom stereocenters. The van der Waals surface area contributed by atoms with Crippen LogP contribution in [0.15, 0.2) is 18.2 Å². The first-order valence-corrected chi connectivity index (χ1v) is 19.1. The van der Waals surface area contributed by atoms with Crippen molar-refractivity contribution in [1.29, 1.82) is 0 Å². The number of carbonyl (C=O) groups is 2. The Morgan fingerprint density at radius 2 is 1.80 bits per heavy atom. The summed E-state index contributed by atoms with van der Waals surface area (Å²) in [7, 11) is 4.96. The molecule has 1 spiro atoms. The van der Waals surface area contributed by atoms with Gasteiger partial charge in [-0.15, -0.1) is 11.8 Å². The third-order valence-electron chi connectivity index (χ3n) is 12.3. The SMILES string of the molecule is COc1cc2c(cc1O)CCN[C@]21CS[C@@H]2c3c(OC(C)=O)c(C)c4c(c3[C@H](COC1=O)N1[C@@H]2C2c3c(cc(C)c(OC)c3O)C[C@H]([C@@H]1O)N2C)OCO4. The number of hydrogen-bond donors (Lipinski definition) is 4. The third kappa shape index (κ3) is 4.74. The molecule has 286 valence electrons. The minimum atomic E-state index is -1.36. The fraction of sp³-hybridized carbons (Fsp3) is 0.487. The number of nitrogens with one attached hydrogen (secondary N) is 1. The van der Waals surface area contributed by atoms with Crippen LogP contribution < -0.4 is 29.0 Å². The normalized spacial score (nSPS) is 29.4. The number of piperazine rings is 1. The van der Waals surface area contributed by atoms with E-state index in [1.54, 1.807) is 12.1 Å². The smallest absolute Gasteiger partial charge is 0.331 e. The summed E-state index contributed by atoms with van der Waals surface area (Å²) in [4.78, 5) is 31.7. The summed E-state index contributed by atoms with van der Waals surface area (Å²) in [5, 5.41) is 38.2. The Hall–Kier alpha value is -4.41. The van der Waals surface area contributed by atoms with Gasteiger partial charge in [-0.1, -0.05) is 6.07 Å². The Morgan fingerprint density at radius 3 is 2.54 bits per heavy atom. The topological polar surface area (TPSA) is 169 Å². The summed E-state index contributed by atoms with van der Waals surface area (Å²) >= 11 is 1.47. The predicted molar refractivity (Wildman–Crippen MR) is 195 cm³/mol. The van der Waals surface area contributed by atoms with Crippen molar-refractivity contribution in [3.8, 4) is 40.2 Å². The van der Waals surface area contributed by atoms with Crippen LogP contribution in [0.3, 0.4) is 0 Å². The van der Waals surface area contributed by atoms with Crippen molar-refractivity contribution >= 4 is 23.7 Å². The Bertz CT molecular complexity index is 2130. The molecule has 7 aliphatic heterocycles. The molecule has 54 heavy (non-hydrogen) atoms. The van der Waals surface area contributed by atoms with Crippen LogP contribution >= 0.6 is 11.8 Å². The van der Waals surface area contributed by atoms with Crippen molar-refractivity contribution in [3.63, 3.8) is 0 Å². The number of aryl methyl sites for hydroxylation is 1. The second-order valence-electron chi connectivity index (χ2n) is 14.9. The van der Waals surface area contributed by atoms with Crippen LogP contribution in [-0.4, -0.2) is 102 Å². The lowest BCUT2D eigenvalue weighted by Gasteiger charge is -2.62. The monoisotopic (exact) mass is 761 g/mol. The predicted octanol–water partition coefficient (Wildman–Crippen LogP) is 3.41. The molecule has 14 nitrogen and oxygen atoms in total. The molecule has 7 aliphatic rings. The molecule has 2 saturated heterocycles. The minimum Gasteiger partial charge on any atom is -0.504 e. The number of thioether (sulfide) groups is 1. The molecule has 2 fully saturated rings. The molecule has 3 aromatic rings. The van der Waals surface area contributed by atoms with E-state index in [4.69, 9.17) is 28.4 Å². The van der Waals surface area contributed by atoms with Gasteiger partial charge in [0.25, 0.3) is 0 Å². The Morgan fingerprint density at radius 1 is 1.02 bits per heavy atom. The van der Waals surface area contributed by atoms with E-state index in [-0.39, 0.29) is 42.4 Å². The molecule has 0 saturated carbocycles. The zero-order valence-electron chi connectivity index (χ0n) is 30.8. The third-order valence-corrected chi connectivity index (χ3v) is 13.7. The molecular weight excluding hydrogens is 719 g/mol. The minimum absolute atomic E-state index is 0.0226. The quantitative estimate of drug-likeness (QED) is 0.226. The second kappa shape index (κ2) is 12.6. The molecule has 4 bridgehead atoms. The van der Waals surface area contributed by atoms with Gasteiger partial charge in [0.1, 0.15) is 18.6 Å². The van der Waals surface area contributed by atoms with E-state index < -0.39 is 47.1 Å². The summed E-state index contributed by atoms with van der Waals surface area (Å²) < 4.78 is 35.9. The molecule has 1 unspecified atom stereocenters. The molecule has 15 heteroatoms. The van der Waals surface area contributed by atoms with E-state index in [1.165, 1.54) is 32.9 Å². The van der Waals surface area contributed by atoms with Crippen LogP contribution in [0.2, 0.25) is 0 Å². The zero-order chi connectivity index (χ0) is 38.0. The van der Waals surface area contributed by atoms with Crippen LogP contribution in [0.4, 0.5) is 0 Å². The molecule has 0 amide bonds. The molecule has 0 aliphatic carbocycles. The van der Waals surface area contributed by atoms with Crippen molar-refractivity contribution in [1.82, 2.24) is 15.1 Å². The van der Waals surface area contributed by atoms with Crippen molar-refractivity contribution in [3.05, 3.63) is 62.7 Å². The van der Waals surface area contributed by atoms with Crippen LogP contribution in [-0.2, 0) is 32.7 Å². The van der Waals surface area contributed by atoms with E-state index in [9.17, 15) is 24.9 Å². The van der Waals surface area contributed by atoms with Crippen molar-refractivity contribution in [2.24, 2.45) is 0 Å². The number of phenols is 2. The first kappa shape index (κ1) is 35.3. The van der Waals surface area contributed by atoms with Gasteiger partial charge in [0.15, 0.2) is 40.0 Å². The molecular formula is C39H43N3O11S. The van der Waals surface area contributed by atoms with E-state index in [0.717, 1.165) is 16.7 Å². The lowest BCUT2D eigenvalue weighted by atomic mass is 9.73. The van der Waals surface area contributed by atoms with E-state index in [0.29, 0.717) is 70.2 Å². The number of aromatic hydroxyl groups is 2. The highest BCUT2D eigenvalue weighted by Gasteiger charge is 2.61. The van der Waals surface area contributed by atoms with E-state index in [1.807, 2.05) is 31.9 Å². The second-order valence-corrected chi connectivity index (χ2v) is 16.1. The van der Waals surface area contributed by atoms with Gasteiger partial charge in [0, 0.05) is 47.5 Å². The van der Waals surface area contributed by atoms with Gasteiger partial charge >= 0.3 is 11.9 Å². The summed E-state index contributed by atoms with van der Waals surface area (Å²) in [5.41, 5.74) is 4.36. The number of fused-ring (bicyclic) bond motifs is 9. The van der Waals surface area contributed by atoms with Crippen molar-refractivity contribution in [2.45, 2.75) is 74.8 Å². The van der Waals surface area contributed by atoms with Crippen LogP contribution in [0.25, 0.3) is 0 Å². The molecule has 7 heterocycles. The van der Waals surface area contributed by atoms with E-state index >= 15 is 0 Å². The number of methoxy groups -OCH3 is 2. The number of hydrogen-bond acceptors (Lipinski definition) is 15. The van der Waals surface area contributed by atoms with Gasteiger partial charge in [-0.05, 0) is 68.1 Å². The van der Waals surface area contributed by atoms with Crippen LogP contribution in [0, 0.1) is 13.8 Å². The number of likely N-dealkylation sites (N-methyl/N-ethyl adjacent to an activating group) is 1. The number of phenolic OH excluding ortho intramolecular Hbond substituents is 2. The number of rotatable bonds is 3. The Kier molecular flexibility index (Phi) is 8.21. The summed E-state index contributed by atoms with van der Waals surface area (Å²) in [5.74, 6) is 0.949. The number of benzene rings is 3. The average Bonchev–Trinajstić information content (AvgIpc) is 3.63. The fourth-order valence-electron chi connectivity index (χ4n) is 10.00. The molecule has 3 aromatic carbocycles. The first-order valence-electron chi connectivity index (χ1n) is 18.1. The lowest BCUT2D eigenvalue weighted by molar-refractivity contribution is -0.186. The van der Waals surface area contributed by atoms with E-state index in [2.05, 4.69) is 10.2 Å². The van der Waals surface area contributed by atoms with Crippen LogP contribution in [0.5, 0.6) is 40.2 Å². The number of aliphatic hydroxyl groups is 1. The highest BCUT2D eigenvalue weighted by Crippen LogP contribution is 2.64. The molecule has 0 radical (unpaired) electrons. The molecule has 0 aromatic heterocycles. The van der Waals surface area contributed by atoms with Gasteiger partial charge in [0.05, 0.1) is 37.6 Å². The van der Waals surface area contributed by atoms with Gasteiger partial charge < -0.3 is 43.7 Å². The first-order chi connectivity index (χ1) is 25.9. The highest BCUT2D eigenvalue weighted by atomic mass is 32.2. The van der Waals surface area contributed by atoms with Crippen molar-refractivity contribution < 1.29 is 53.3 Å². The Balaban J connectivity index is 1.32. The van der Waals surface area contributed by atoms with Crippen molar-refractivity contribution in [2.75, 3.05) is 47.0 Å². The van der Waals surface area contributed by atoms with Gasteiger partial charge in [-0.3, -0.25) is 19.9 Å². The number of esters is 2. The number of ether oxygens (including phenoxy) is 6. The van der Waals surface area contributed by atoms with Gasteiger partial charge in [-0.2, -0.15) is 0 Å². The zero-order valence-corrected chi connectivity index (χ0v) is 31.7. The van der Waals surface area contributed by atoms with Gasteiger partial charge in [-0.25, -0.2) is 4.79 Å². The standard InChI is InChI=1S/C39H43N3O11S/c1-16-9-20-10-22-37(46)42-23-13-50-38(47)39(21-12-25(48-5)24(44)11-19(21)7-8-40-39)14-54-36(30(42)29(41(22)4)26(20)31(45)32(16)49-6)28-27(23)35-34(51-15-52-35)17(2)33(28)53-18(3)43/h9,11-12,22-23,29-30,36-37,40,44-46H,7-8,10,13-15H2,1-6H3/t22-,23+,29?,30-,36-,37+,39-/m1/s1. The van der Waals surface area contributed by atoms with Crippen LogP contribution in [0.1, 0.15) is 68.8 Å². The number of nitrogens with zero attached hydrogens (tertiary/aromatic N) is 2. The van der Waals surface area contributed by atoms with Gasteiger partial charge in [0.2, 0.25) is 6.79 Å². The molecule has 10 rings (SSSR count). The summed E-state index contributed by atoms with van der Waals surface area (Å²) in [6.07, 6.45) is -0.0282. The lowest BCUT2D eigenvalue weighted by Crippen LogP contribution is -2.70. The maximum absolute atomic E-state index is 14.7. The highest BCUT2D eigenvalue weighted by molar-refractivity contribution is 7.99. The summed E-state index contributed by atoms with van der Waals surface area (Å²) in [6.45, 7) is 5.26.